The maximum Gasteiger partial charge on any atom is 0.282 e. The second kappa shape index (κ2) is 8.16. The summed E-state index contributed by atoms with van der Waals surface area (Å²) in [5.41, 5.74) is 3.64. The largest absolute Gasteiger partial charge is 0.378 e. The van der Waals surface area contributed by atoms with Gasteiger partial charge in [-0.05, 0) is 54.1 Å². The number of hydrogen-bond acceptors (Lipinski definition) is 4. The molecule has 2 amide bonds. The highest BCUT2D eigenvalue weighted by Gasteiger charge is 2.40. The van der Waals surface area contributed by atoms with Crippen LogP contribution in [-0.4, -0.2) is 25.9 Å². The number of hydrogen-bond donors (Lipinski definition) is 1. The highest BCUT2D eigenvalue weighted by molar-refractivity contribution is 9.10. The van der Waals surface area contributed by atoms with Crippen LogP contribution in [0.1, 0.15) is 5.56 Å². The van der Waals surface area contributed by atoms with Crippen molar-refractivity contribution in [3.63, 3.8) is 0 Å². The molecule has 5 nitrogen and oxygen atoms in total. The van der Waals surface area contributed by atoms with Crippen molar-refractivity contribution in [3.8, 4) is 0 Å². The van der Waals surface area contributed by atoms with Crippen LogP contribution in [0.3, 0.4) is 0 Å². The zero-order valence-corrected chi connectivity index (χ0v) is 18.2. The van der Waals surface area contributed by atoms with E-state index in [0.29, 0.717) is 16.8 Å². The van der Waals surface area contributed by atoms with Gasteiger partial charge in [0.1, 0.15) is 5.70 Å². The molecule has 0 unspecified atom stereocenters. The molecule has 1 aliphatic rings. The Bertz CT molecular complexity index is 1120. The fraction of sp³-hybridized carbons (Fsp3) is 0.0833. The van der Waals surface area contributed by atoms with Crippen molar-refractivity contribution < 1.29 is 9.59 Å². The Kier molecular flexibility index (Phi) is 5.42. The van der Waals surface area contributed by atoms with Crippen LogP contribution < -0.4 is 15.1 Å². The summed E-state index contributed by atoms with van der Waals surface area (Å²) in [6.07, 6.45) is 0. The molecule has 0 aromatic heterocycles. The van der Waals surface area contributed by atoms with Crippen LogP contribution in [0.2, 0.25) is 0 Å². The van der Waals surface area contributed by atoms with Gasteiger partial charge >= 0.3 is 0 Å². The molecule has 0 bridgehead atoms. The van der Waals surface area contributed by atoms with Crippen LogP contribution in [0, 0.1) is 0 Å². The molecule has 1 N–H and O–H groups in total. The minimum atomic E-state index is -0.377. The zero-order chi connectivity index (χ0) is 21.3. The highest BCUT2D eigenvalue weighted by atomic mass is 79.9. The summed E-state index contributed by atoms with van der Waals surface area (Å²) in [6, 6.07) is 24.1. The van der Waals surface area contributed by atoms with Crippen molar-refractivity contribution in [2.24, 2.45) is 0 Å². The van der Waals surface area contributed by atoms with Crippen LogP contribution in [0.15, 0.2) is 89.0 Å². The molecular formula is C24H20BrN3O2. The second-order valence-electron chi connectivity index (χ2n) is 7.10. The summed E-state index contributed by atoms with van der Waals surface area (Å²) < 4.78 is 0.876. The van der Waals surface area contributed by atoms with E-state index in [1.807, 2.05) is 85.7 Å². The van der Waals surface area contributed by atoms with Gasteiger partial charge in [-0.1, -0.05) is 46.3 Å². The summed E-state index contributed by atoms with van der Waals surface area (Å²) in [5.74, 6) is -0.723. The smallest absolute Gasteiger partial charge is 0.282 e. The second-order valence-corrected chi connectivity index (χ2v) is 8.02. The van der Waals surface area contributed by atoms with Crippen molar-refractivity contribution in [1.82, 2.24) is 0 Å². The molecule has 0 saturated carbocycles. The van der Waals surface area contributed by atoms with E-state index in [9.17, 15) is 9.59 Å². The Labute approximate surface area is 183 Å². The number of benzene rings is 3. The molecule has 3 aromatic carbocycles. The zero-order valence-electron chi connectivity index (χ0n) is 16.6. The first-order valence-corrected chi connectivity index (χ1v) is 10.2. The molecule has 30 heavy (non-hydrogen) atoms. The third kappa shape index (κ3) is 3.74. The van der Waals surface area contributed by atoms with Crippen molar-refractivity contribution in [2.75, 3.05) is 29.2 Å². The van der Waals surface area contributed by atoms with Gasteiger partial charge in [0.05, 0.1) is 11.3 Å². The van der Waals surface area contributed by atoms with Gasteiger partial charge in [0.15, 0.2) is 0 Å². The number of carbonyl (C=O) groups excluding carboxylic acids is 2. The average molecular weight is 462 g/mol. The topological polar surface area (TPSA) is 52.7 Å². The standard InChI is InChI=1S/C24H20BrN3O2/c1-27(2)19-14-10-18(11-15-19)26-22-21(16-6-4-3-5-7-16)23(29)28(24(22)30)20-12-8-17(25)9-13-20/h3-15,26H,1-2H3. The van der Waals surface area contributed by atoms with Gasteiger partial charge in [0.2, 0.25) is 0 Å². The van der Waals surface area contributed by atoms with Gasteiger partial charge in [0, 0.05) is 29.9 Å². The highest BCUT2D eigenvalue weighted by Crippen LogP contribution is 2.34. The van der Waals surface area contributed by atoms with Crippen LogP contribution in [0.4, 0.5) is 17.1 Å². The number of anilines is 3. The summed E-state index contributed by atoms with van der Waals surface area (Å²) in [6.45, 7) is 0. The fourth-order valence-corrected chi connectivity index (χ4v) is 3.59. The first-order valence-electron chi connectivity index (χ1n) is 9.44. The lowest BCUT2D eigenvalue weighted by Gasteiger charge is -2.16. The minimum absolute atomic E-state index is 0.270. The first-order chi connectivity index (χ1) is 14.5. The van der Waals surface area contributed by atoms with Crippen LogP contribution >= 0.6 is 15.9 Å². The first kappa shape index (κ1) is 19.9. The van der Waals surface area contributed by atoms with E-state index in [2.05, 4.69) is 21.2 Å². The predicted octanol–water partition coefficient (Wildman–Crippen LogP) is 4.91. The molecule has 0 radical (unpaired) electrons. The number of halogens is 1. The molecule has 3 aromatic rings. The SMILES string of the molecule is CN(C)c1ccc(NC2=C(c3ccccc3)C(=O)N(c3ccc(Br)cc3)C2=O)cc1. The summed E-state index contributed by atoms with van der Waals surface area (Å²) in [5, 5.41) is 3.19. The lowest BCUT2D eigenvalue weighted by atomic mass is 10.0. The van der Waals surface area contributed by atoms with Gasteiger partial charge in [-0.2, -0.15) is 0 Å². The number of nitrogens with zero attached hydrogens (tertiary/aromatic N) is 2. The Hall–Kier alpha value is -3.38. The summed E-state index contributed by atoms with van der Waals surface area (Å²) >= 11 is 3.39. The van der Waals surface area contributed by atoms with Gasteiger partial charge in [-0.3, -0.25) is 9.59 Å². The Morgan fingerprint density at radius 1 is 0.800 bits per heavy atom. The monoisotopic (exact) mass is 461 g/mol. The molecule has 0 atom stereocenters. The van der Waals surface area contributed by atoms with Gasteiger partial charge in [0.25, 0.3) is 11.8 Å². The molecule has 0 fully saturated rings. The summed E-state index contributed by atoms with van der Waals surface area (Å²) in [4.78, 5) is 29.9. The molecular weight excluding hydrogens is 442 g/mol. The Balaban J connectivity index is 1.76. The molecule has 1 heterocycles. The van der Waals surface area contributed by atoms with Gasteiger partial charge in [-0.25, -0.2) is 4.90 Å². The molecule has 0 saturated heterocycles. The number of amides is 2. The van der Waals surface area contributed by atoms with Crippen LogP contribution in [-0.2, 0) is 9.59 Å². The third-order valence-electron chi connectivity index (χ3n) is 4.88. The quantitative estimate of drug-likeness (QED) is 0.548. The fourth-order valence-electron chi connectivity index (χ4n) is 3.33. The predicted molar refractivity (Wildman–Crippen MR) is 124 cm³/mol. The van der Waals surface area contributed by atoms with Gasteiger partial charge in [-0.15, -0.1) is 0 Å². The third-order valence-corrected chi connectivity index (χ3v) is 5.41. The Morgan fingerprint density at radius 3 is 2.03 bits per heavy atom. The minimum Gasteiger partial charge on any atom is -0.378 e. The lowest BCUT2D eigenvalue weighted by Crippen LogP contribution is -2.32. The lowest BCUT2D eigenvalue weighted by molar-refractivity contribution is -0.120. The van der Waals surface area contributed by atoms with E-state index in [1.54, 1.807) is 12.1 Å². The molecule has 0 spiro atoms. The molecule has 4 rings (SSSR count). The van der Waals surface area contributed by atoms with E-state index in [4.69, 9.17) is 0 Å². The maximum absolute atomic E-state index is 13.3. The summed E-state index contributed by atoms with van der Waals surface area (Å²) in [7, 11) is 3.93. The van der Waals surface area contributed by atoms with E-state index in [-0.39, 0.29) is 17.5 Å². The van der Waals surface area contributed by atoms with E-state index < -0.39 is 0 Å². The van der Waals surface area contributed by atoms with E-state index in [1.165, 1.54) is 4.90 Å². The van der Waals surface area contributed by atoms with Crippen LogP contribution in [0.5, 0.6) is 0 Å². The molecule has 6 heteroatoms. The number of imide groups is 1. The maximum atomic E-state index is 13.3. The van der Waals surface area contributed by atoms with Gasteiger partial charge < -0.3 is 10.2 Å². The Morgan fingerprint density at radius 2 is 1.43 bits per heavy atom. The van der Waals surface area contributed by atoms with Crippen molar-refractivity contribution in [3.05, 3.63) is 94.6 Å². The van der Waals surface area contributed by atoms with E-state index in [0.717, 1.165) is 15.8 Å². The van der Waals surface area contributed by atoms with E-state index >= 15 is 0 Å². The normalized spacial score (nSPS) is 13.8. The average Bonchev–Trinajstić information content (AvgIpc) is 2.99. The molecule has 0 aliphatic carbocycles. The van der Waals surface area contributed by atoms with Crippen molar-refractivity contribution in [2.45, 2.75) is 0 Å². The number of nitrogens with one attached hydrogen (secondary N) is 1. The molecule has 1 aliphatic heterocycles. The van der Waals surface area contributed by atoms with Crippen LogP contribution in [0.25, 0.3) is 5.57 Å². The molecule has 150 valence electrons. The van der Waals surface area contributed by atoms with Crippen molar-refractivity contribution in [1.29, 1.82) is 0 Å². The number of rotatable bonds is 5. The van der Waals surface area contributed by atoms with Crippen molar-refractivity contribution >= 4 is 50.4 Å². The number of carbonyl (C=O) groups is 2.